The van der Waals surface area contributed by atoms with Gasteiger partial charge in [0.25, 0.3) is 0 Å². The quantitative estimate of drug-likeness (QED) is 0.626. The summed E-state index contributed by atoms with van der Waals surface area (Å²) in [5.41, 5.74) is 12.7. The molecule has 2 unspecified atom stereocenters. The van der Waals surface area contributed by atoms with Gasteiger partial charge in [-0.2, -0.15) is 0 Å². The molecule has 68 valence electrons. The lowest BCUT2D eigenvalue weighted by molar-refractivity contribution is 0.422. The van der Waals surface area contributed by atoms with Crippen LogP contribution in [0.3, 0.4) is 0 Å². The van der Waals surface area contributed by atoms with Crippen LogP contribution in [0.4, 0.5) is 0 Å². The zero-order chi connectivity index (χ0) is 8.97. The van der Waals surface area contributed by atoms with Gasteiger partial charge >= 0.3 is 0 Å². The van der Waals surface area contributed by atoms with Crippen LogP contribution >= 0.6 is 0 Å². The van der Waals surface area contributed by atoms with Crippen molar-refractivity contribution in [3.63, 3.8) is 0 Å². The summed E-state index contributed by atoms with van der Waals surface area (Å²) in [6.45, 7) is 2.76. The van der Waals surface area contributed by atoms with Crippen LogP contribution in [0, 0.1) is 5.92 Å². The number of hydrogen-bond donors (Lipinski definition) is 3. The van der Waals surface area contributed by atoms with Gasteiger partial charge in [0, 0.05) is 17.9 Å². The van der Waals surface area contributed by atoms with Crippen LogP contribution in [-0.2, 0) is 0 Å². The van der Waals surface area contributed by atoms with Crippen molar-refractivity contribution in [1.82, 2.24) is 4.98 Å². The fourth-order valence-electron chi connectivity index (χ4n) is 1.37. The summed E-state index contributed by atoms with van der Waals surface area (Å²) in [4.78, 5) is 3.11. The van der Waals surface area contributed by atoms with Crippen LogP contribution in [-0.4, -0.2) is 11.5 Å². The molecule has 3 nitrogen and oxygen atoms in total. The first-order valence-corrected chi connectivity index (χ1v) is 4.38. The van der Waals surface area contributed by atoms with Gasteiger partial charge in [-0.05, 0) is 24.6 Å². The lowest BCUT2D eigenvalue weighted by Crippen LogP contribution is -2.27. The molecule has 1 aromatic rings. The molecule has 12 heavy (non-hydrogen) atoms. The largest absolute Gasteiger partial charge is 0.364 e. The lowest BCUT2D eigenvalue weighted by Gasteiger charge is -2.19. The number of rotatable bonds is 4. The van der Waals surface area contributed by atoms with E-state index >= 15 is 0 Å². The summed E-state index contributed by atoms with van der Waals surface area (Å²) >= 11 is 0. The minimum absolute atomic E-state index is 0.0509. The van der Waals surface area contributed by atoms with E-state index in [0.29, 0.717) is 12.5 Å². The first kappa shape index (κ1) is 9.29. The van der Waals surface area contributed by atoms with Crippen molar-refractivity contribution in [3.8, 4) is 0 Å². The molecule has 0 aliphatic rings. The van der Waals surface area contributed by atoms with Gasteiger partial charge in [0.05, 0.1) is 0 Å². The predicted octanol–water partition coefficient (Wildman–Crippen LogP) is 0.999. The maximum atomic E-state index is 5.99. The lowest BCUT2D eigenvalue weighted by atomic mass is 9.95. The number of H-pyrrole nitrogens is 1. The number of nitrogens with one attached hydrogen (secondary N) is 1. The van der Waals surface area contributed by atoms with E-state index in [1.807, 2.05) is 18.3 Å². The minimum atomic E-state index is 0.0509. The van der Waals surface area contributed by atoms with E-state index < -0.39 is 0 Å². The summed E-state index contributed by atoms with van der Waals surface area (Å²) in [6, 6.07) is 4.01. The van der Waals surface area contributed by atoms with Gasteiger partial charge in [-0.25, -0.2) is 0 Å². The Hall–Kier alpha value is -0.800. The fourth-order valence-corrected chi connectivity index (χ4v) is 1.37. The first-order chi connectivity index (χ1) is 5.79. The third-order valence-corrected chi connectivity index (χ3v) is 2.32. The van der Waals surface area contributed by atoms with Crippen molar-refractivity contribution < 1.29 is 0 Å². The molecule has 0 saturated heterocycles. The highest BCUT2D eigenvalue weighted by Gasteiger charge is 2.16. The average molecular weight is 167 g/mol. The highest BCUT2D eigenvalue weighted by molar-refractivity contribution is 5.09. The van der Waals surface area contributed by atoms with Crippen molar-refractivity contribution in [3.05, 3.63) is 24.0 Å². The number of nitrogens with two attached hydrogens (primary N) is 2. The molecule has 0 radical (unpaired) electrons. The van der Waals surface area contributed by atoms with Gasteiger partial charge in [0.1, 0.15) is 0 Å². The second-order valence-corrected chi connectivity index (χ2v) is 3.06. The smallest absolute Gasteiger partial charge is 0.0488 e. The average Bonchev–Trinajstić information content (AvgIpc) is 2.58. The Morgan fingerprint density at radius 2 is 2.33 bits per heavy atom. The molecular formula is C9H17N3. The van der Waals surface area contributed by atoms with Gasteiger partial charge in [0.2, 0.25) is 0 Å². The molecule has 1 aromatic heterocycles. The molecule has 3 heteroatoms. The van der Waals surface area contributed by atoms with E-state index in [-0.39, 0.29) is 6.04 Å². The SMILES string of the molecule is CCC(CN)C(N)c1ccc[nH]1. The summed E-state index contributed by atoms with van der Waals surface area (Å²) in [6.07, 6.45) is 2.91. The molecule has 0 aromatic carbocycles. The van der Waals surface area contributed by atoms with Crippen LogP contribution in [0.25, 0.3) is 0 Å². The molecule has 5 N–H and O–H groups in total. The second-order valence-electron chi connectivity index (χ2n) is 3.06. The first-order valence-electron chi connectivity index (χ1n) is 4.38. The van der Waals surface area contributed by atoms with Gasteiger partial charge in [0.15, 0.2) is 0 Å². The summed E-state index contributed by atoms with van der Waals surface area (Å²) in [5.74, 6) is 0.378. The van der Waals surface area contributed by atoms with Crippen LogP contribution in [0.15, 0.2) is 18.3 Å². The van der Waals surface area contributed by atoms with E-state index in [9.17, 15) is 0 Å². The topological polar surface area (TPSA) is 67.8 Å². The molecule has 0 fully saturated rings. The van der Waals surface area contributed by atoms with Crippen molar-refractivity contribution in [2.75, 3.05) is 6.54 Å². The van der Waals surface area contributed by atoms with Crippen molar-refractivity contribution in [2.45, 2.75) is 19.4 Å². The minimum Gasteiger partial charge on any atom is -0.364 e. The van der Waals surface area contributed by atoms with E-state index in [1.54, 1.807) is 0 Å². The third-order valence-electron chi connectivity index (χ3n) is 2.32. The van der Waals surface area contributed by atoms with E-state index in [1.165, 1.54) is 0 Å². The molecule has 0 spiro atoms. The molecule has 0 aliphatic carbocycles. The zero-order valence-electron chi connectivity index (χ0n) is 7.46. The molecule has 1 heterocycles. The van der Waals surface area contributed by atoms with Gasteiger partial charge in [-0.15, -0.1) is 0 Å². The highest BCUT2D eigenvalue weighted by Crippen LogP contribution is 2.19. The maximum Gasteiger partial charge on any atom is 0.0488 e. The Kier molecular flexibility index (Phi) is 3.31. The third kappa shape index (κ3) is 1.87. The summed E-state index contributed by atoms with van der Waals surface area (Å²) < 4.78 is 0. The monoisotopic (exact) mass is 167 g/mol. The summed E-state index contributed by atoms with van der Waals surface area (Å²) in [5, 5.41) is 0. The van der Waals surface area contributed by atoms with Crippen LogP contribution in [0.5, 0.6) is 0 Å². The Labute approximate surface area is 73.1 Å². The molecule has 0 aliphatic heterocycles. The number of aromatic nitrogens is 1. The Bertz CT molecular complexity index is 202. The molecule has 0 bridgehead atoms. The number of hydrogen-bond acceptors (Lipinski definition) is 2. The Balaban J connectivity index is 2.63. The normalized spacial score (nSPS) is 15.9. The highest BCUT2D eigenvalue weighted by atomic mass is 14.8. The van der Waals surface area contributed by atoms with Crippen LogP contribution < -0.4 is 11.5 Å². The second kappa shape index (κ2) is 4.28. The molecule has 0 saturated carbocycles. The van der Waals surface area contributed by atoms with Gasteiger partial charge in [-0.3, -0.25) is 0 Å². The maximum absolute atomic E-state index is 5.99. The van der Waals surface area contributed by atoms with E-state index in [0.717, 1.165) is 12.1 Å². The van der Waals surface area contributed by atoms with Gasteiger partial charge in [-0.1, -0.05) is 13.3 Å². The Morgan fingerprint density at radius 3 is 2.75 bits per heavy atom. The van der Waals surface area contributed by atoms with E-state index in [4.69, 9.17) is 11.5 Å². The fraction of sp³-hybridized carbons (Fsp3) is 0.556. The molecular weight excluding hydrogens is 150 g/mol. The van der Waals surface area contributed by atoms with Crippen molar-refractivity contribution in [1.29, 1.82) is 0 Å². The molecule has 2 atom stereocenters. The van der Waals surface area contributed by atoms with Crippen molar-refractivity contribution >= 4 is 0 Å². The Morgan fingerprint density at radius 1 is 1.58 bits per heavy atom. The van der Waals surface area contributed by atoms with Crippen LogP contribution in [0.1, 0.15) is 25.1 Å². The van der Waals surface area contributed by atoms with E-state index in [2.05, 4.69) is 11.9 Å². The summed E-state index contributed by atoms with van der Waals surface area (Å²) in [7, 11) is 0. The van der Waals surface area contributed by atoms with Gasteiger partial charge < -0.3 is 16.5 Å². The predicted molar refractivity (Wildman–Crippen MR) is 50.6 cm³/mol. The number of aromatic amines is 1. The standard InChI is InChI=1S/C9H17N3/c1-2-7(6-10)9(11)8-4-3-5-12-8/h3-5,7,9,12H,2,6,10-11H2,1H3. The van der Waals surface area contributed by atoms with Crippen molar-refractivity contribution in [2.24, 2.45) is 17.4 Å². The molecule has 0 amide bonds. The zero-order valence-corrected chi connectivity index (χ0v) is 7.46. The molecule has 1 rings (SSSR count). The van der Waals surface area contributed by atoms with Crippen LogP contribution in [0.2, 0.25) is 0 Å².